The summed E-state index contributed by atoms with van der Waals surface area (Å²) in [6.45, 7) is 5.06. The van der Waals surface area contributed by atoms with Crippen molar-refractivity contribution in [1.29, 1.82) is 0 Å². The fourth-order valence-electron chi connectivity index (χ4n) is 2.25. The van der Waals surface area contributed by atoms with Gasteiger partial charge in [0.2, 0.25) is 0 Å². The highest BCUT2D eigenvalue weighted by molar-refractivity contribution is 7.91. The highest BCUT2D eigenvalue weighted by Crippen LogP contribution is 2.33. The van der Waals surface area contributed by atoms with Gasteiger partial charge in [0.15, 0.2) is 9.84 Å². The van der Waals surface area contributed by atoms with Gasteiger partial charge in [0.1, 0.15) is 0 Å². The van der Waals surface area contributed by atoms with Crippen molar-refractivity contribution in [2.45, 2.75) is 37.1 Å². The summed E-state index contributed by atoms with van der Waals surface area (Å²) in [4.78, 5) is 0.529. The summed E-state index contributed by atoms with van der Waals surface area (Å²) in [6, 6.07) is 7.82. The van der Waals surface area contributed by atoms with E-state index in [0.29, 0.717) is 16.9 Å². The maximum Gasteiger partial charge on any atom is 0.178 e. The monoisotopic (exact) mass is 253 g/mol. The van der Waals surface area contributed by atoms with E-state index in [2.05, 4.69) is 19.2 Å². The second-order valence-corrected chi connectivity index (χ2v) is 6.98. The summed E-state index contributed by atoms with van der Waals surface area (Å²) >= 11 is 0. The Morgan fingerprint density at radius 2 is 2.06 bits per heavy atom. The maximum atomic E-state index is 11.9. The smallest absolute Gasteiger partial charge is 0.178 e. The average Bonchev–Trinajstić information content (AvgIpc) is 2.28. The van der Waals surface area contributed by atoms with Crippen LogP contribution in [0.1, 0.15) is 31.7 Å². The second-order valence-electron chi connectivity index (χ2n) is 4.91. The van der Waals surface area contributed by atoms with Gasteiger partial charge in [-0.25, -0.2) is 8.42 Å². The van der Waals surface area contributed by atoms with Crippen LogP contribution < -0.4 is 5.32 Å². The van der Waals surface area contributed by atoms with Crippen molar-refractivity contribution < 1.29 is 8.42 Å². The van der Waals surface area contributed by atoms with E-state index in [-0.39, 0.29) is 5.75 Å². The molecule has 1 heterocycles. The maximum absolute atomic E-state index is 11.9. The number of sulfone groups is 1. The highest BCUT2D eigenvalue weighted by atomic mass is 32.2. The van der Waals surface area contributed by atoms with Crippen molar-refractivity contribution in [3.05, 3.63) is 29.8 Å². The molecule has 1 atom stereocenters. The van der Waals surface area contributed by atoms with Crippen LogP contribution in [0.4, 0.5) is 0 Å². The topological polar surface area (TPSA) is 46.2 Å². The third-order valence-electron chi connectivity index (χ3n) is 3.20. The lowest BCUT2D eigenvalue weighted by molar-refractivity contribution is 0.502. The Morgan fingerprint density at radius 1 is 1.35 bits per heavy atom. The van der Waals surface area contributed by atoms with E-state index in [1.165, 1.54) is 0 Å². The predicted molar refractivity (Wildman–Crippen MR) is 69.0 cm³/mol. The Bertz CT molecular complexity index is 494. The molecule has 0 saturated carbocycles. The Hall–Kier alpha value is -0.870. The van der Waals surface area contributed by atoms with Crippen LogP contribution in [0.15, 0.2) is 29.2 Å². The summed E-state index contributed by atoms with van der Waals surface area (Å²) in [7, 11) is -3.04. The quantitative estimate of drug-likeness (QED) is 0.895. The van der Waals surface area contributed by atoms with E-state index in [1.807, 2.05) is 12.1 Å². The first-order chi connectivity index (χ1) is 8.00. The molecule has 1 aliphatic heterocycles. The molecule has 0 bridgehead atoms. The summed E-state index contributed by atoms with van der Waals surface area (Å²) < 4.78 is 23.9. The minimum atomic E-state index is -3.04. The number of rotatable bonds is 3. The molecule has 17 heavy (non-hydrogen) atoms. The molecule has 1 aliphatic rings. The van der Waals surface area contributed by atoms with Crippen molar-refractivity contribution in [3.63, 3.8) is 0 Å². The molecule has 1 aromatic rings. The molecule has 0 aliphatic carbocycles. The van der Waals surface area contributed by atoms with E-state index in [0.717, 1.165) is 18.5 Å². The molecule has 4 heteroatoms. The van der Waals surface area contributed by atoms with E-state index in [9.17, 15) is 8.42 Å². The van der Waals surface area contributed by atoms with Crippen molar-refractivity contribution in [1.82, 2.24) is 5.32 Å². The summed E-state index contributed by atoms with van der Waals surface area (Å²) in [6.07, 6.45) is 0.721. The summed E-state index contributed by atoms with van der Waals surface area (Å²) in [5, 5.41) is 3.39. The molecule has 1 unspecified atom stereocenters. The lowest BCUT2D eigenvalue weighted by Gasteiger charge is -2.26. The van der Waals surface area contributed by atoms with Crippen LogP contribution in [0, 0.1) is 0 Å². The molecule has 94 valence electrons. The van der Waals surface area contributed by atoms with E-state index >= 15 is 0 Å². The molecule has 0 saturated heterocycles. The first kappa shape index (κ1) is 12.6. The molecular weight excluding hydrogens is 234 g/mol. The Morgan fingerprint density at radius 3 is 2.76 bits per heavy atom. The van der Waals surface area contributed by atoms with E-state index in [4.69, 9.17) is 0 Å². The zero-order valence-corrected chi connectivity index (χ0v) is 11.1. The zero-order valence-electron chi connectivity index (χ0n) is 10.3. The summed E-state index contributed by atoms with van der Waals surface area (Å²) in [5.41, 5.74) is 0.979. The number of fused-ring (bicyclic) bond motifs is 1. The van der Waals surface area contributed by atoms with Gasteiger partial charge in [-0.1, -0.05) is 32.0 Å². The standard InChI is InChI=1S/C13H19NO2S/c1-10(2)14-9-11-7-8-17(15,16)13-6-4-3-5-12(11)13/h3-6,10-11,14H,7-9H2,1-2H3. The van der Waals surface area contributed by atoms with Gasteiger partial charge in [-0.2, -0.15) is 0 Å². The average molecular weight is 253 g/mol. The van der Waals surface area contributed by atoms with Gasteiger partial charge < -0.3 is 5.32 Å². The van der Waals surface area contributed by atoms with Crippen LogP contribution in [0.3, 0.4) is 0 Å². The van der Waals surface area contributed by atoms with Gasteiger partial charge >= 0.3 is 0 Å². The molecule has 1 N–H and O–H groups in total. The Balaban J connectivity index is 2.29. The predicted octanol–water partition coefficient (Wildman–Crippen LogP) is 1.95. The van der Waals surface area contributed by atoms with Crippen LogP contribution >= 0.6 is 0 Å². The molecule has 0 amide bonds. The lowest BCUT2D eigenvalue weighted by atomic mass is 9.95. The van der Waals surface area contributed by atoms with Crippen LogP contribution in [0.5, 0.6) is 0 Å². The van der Waals surface area contributed by atoms with Gasteiger partial charge in [-0.05, 0) is 24.0 Å². The first-order valence-electron chi connectivity index (χ1n) is 6.06. The zero-order chi connectivity index (χ0) is 12.5. The fraction of sp³-hybridized carbons (Fsp3) is 0.538. The van der Waals surface area contributed by atoms with Gasteiger partial charge in [-0.15, -0.1) is 0 Å². The van der Waals surface area contributed by atoms with E-state index in [1.54, 1.807) is 12.1 Å². The minimum absolute atomic E-state index is 0.272. The molecule has 0 radical (unpaired) electrons. The summed E-state index contributed by atoms with van der Waals surface area (Å²) in [5.74, 6) is 0.589. The third-order valence-corrected chi connectivity index (χ3v) is 5.02. The van der Waals surface area contributed by atoms with Crippen molar-refractivity contribution >= 4 is 9.84 Å². The van der Waals surface area contributed by atoms with Gasteiger partial charge in [0.25, 0.3) is 0 Å². The fourth-order valence-corrected chi connectivity index (χ4v) is 3.95. The number of hydrogen-bond acceptors (Lipinski definition) is 3. The number of benzene rings is 1. The molecule has 0 fully saturated rings. The van der Waals surface area contributed by atoms with Crippen LogP contribution in [0.2, 0.25) is 0 Å². The van der Waals surface area contributed by atoms with Crippen LogP contribution in [0.25, 0.3) is 0 Å². The molecule has 0 spiro atoms. The minimum Gasteiger partial charge on any atom is -0.314 e. The van der Waals surface area contributed by atoms with Gasteiger partial charge in [-0.3, -0.25) is 0 Å². The molecule has 3 nitrogen and oxygen atoms in total. The Labute approximate surface area is 103 Å². The van der Waals surface area contributed by atoms with Crippen LogP contribution in [-0.4, -0.2) is 26.8 Å². The van der Waals surface area contributed by atoms with E-state index < -0.39 is 9.84 Å². The number of nitrogens with one attached hydrogen (secondary N) is 1. The van der Waals surface area contributed by atoms with Crippen LogP contribution in [-0.2, 0) is 9.84 Å². The molecule has 1 aromatic carbocycles. The molecule has 0 aromatic heterocycles. The van der Waals surface area contributed by atoms with Gasteiger partial charge in [0.05, 0.1) is 10.6 Å². The van der Waals surface area contributed by atoms with Crippen molar-refractivity contribution in [3.8, 4) is 0 Å². The van der Waals surface area contributed by atoms with Crippen molar-refractivity contribution in [2.75, 3.05) is 12.3 Å². The first-order valence-corrected chi connectivity index (χ1v) is 7.71. The number of hydrogen-bond donors (Lipinski definition) is 1. The highest BCUT2D eigenvalue weighted by Gasteiger charge is 2.29. The largest absolute Gasteiger partial charge is 0.314 e. The third kappa shape index (κ3) is 2.69. The normalized spacial score (nSPS) is 22.4. The van der Waals surface area contributed by atoms with Crippen molar-refractivity contribution in [2.24, 2.45) is 0 Å². The molecule has 2 rings (SSSR count). The second kappa shape index (κ2) is 4.78. The lowest BCUT2D eigenvalue weighted by Crippen LogP contribution is -2.31. The Kier molecular flexibility index (Phi) is 3.54. The SMILES string of the molecule is CC(C)NCC1CCS(=O)(=O)c2ccccc21. The molecular formula is C13H19NO2S. The van der Waals surface area contributed by atoms with Gasteiger partial charge in [0, 0.05) is 12.6 Å².